The van der Waals surface area contributed by atoms with Crippen LogP contribution in [-0.4, -0.2) is 18.6 Å². The maximum Gasteiger partial charge on any atom is 0.228 e. The van der Waals surface area contributed by atoms with Gasteiger partial charge < -0.3 is 10.1 Å². The third-order valence-electron chi connectivity index (χ3n) is 4.72. The number of carbonyl (C=O) groups excluding carboxylic acids is 1. The summed E-state index contributed by atoms with van der Waals surface area (Å²) in [5.41, 5.74) is 0.375. The second-order valence-electron chi connectivity index (χ2n) is 6.72. The summed E-state index contributed by atoms with van der Waals surface area (Å²) in [6.45, 7) is 4.41. The Kier molecular flexibility index (Phi) is 3.33. The molecule has 1 aromatic rings. The van der Waals surface area contributed by atoms with Crippen molar-refractivity contribution in [2.75, 3.05) is 6.61 Å². The van der Waals surface area contributed by atoms with Gasteiger partial charge in [-0.1, -0.05) is 43.2 Å². The lowest BCUT2D eigenvalue weighted by Gasteiger charge is -2.43. The molecule has 1 amide bonds. The van der Waals surface area contributed by atoms with Crippen LogP contribution in [0.4, 0.5) is 0 Å². The van der Waals surface area contributed by atoms with Gasteiger partial charge in [-0.25, -0.2) is 0 Å². The zero-order valence-electron chi connectivity index (χ0n) is 12.3. The maximum absolute atomic E-state index is 12.6. The molecule has 2 atom stereocenters. The lowest BCUT2D eigenvalue weighted by atomic mass is 9.74. The number of hydrogen-bond acceptors (Lipinski definition) is 2. The molecule has 1 aliphatic carbocycles. The third-order valence-corrected chi connectivity index (χ3v) is 4.72. The van der Waals surface area contributed by atoms with E-state index in [-0.39, 0.29) is 17.6 Å². The maximum atomic E-state index is 12.6. The molecule has 0 radical (unpaired) electrons. The fourth-order valence-corrected chi connectivity index (χ4v) is 3.39. The van der Waals surface area contributed by atoms with Crippen molar-refractivity contribution < 1.29 is 9.53 Å². The molecule has 0 bridgehead atoms. The molecule has 1 aliphatic heterocycles. The second kappa shape index (κ2) is 4.88. The molecule has 1 aromatic carbocycles. The van der Waals surface area contributed by atoms with E-state index in [0.717, 1.165) is 19.3 Å². The van der Waals surface area contributed by atoms with Crippen LogP contribution in [0.1, 0.15) is 45.1 Å². The van der Waals surface area contributed by atoms with Crippen molar-refractivity contribution >= 4 is 5.91 Å². The summed E-state index contributed by atoms with van der Waals surface area (Å²) in [5.74, 6) is 0.103. The molecule has 3 heteroatoms. The molecular formula is C17H23NO2. The predicted octanol–water partition coefficient (Wildman–Crippen LogP) is 3.00. The number of rotatable bonds is 1. The number of benzene rings is 1. The van der Waals surface area contributed by atoms with Crippen LogP contribution in [0.3, 0.4) is 0 Å². The monoisotopic (exact) mass is 273 g/mol. The van der Waals surface area contributed by atoms with Gasteiger partial charge in [0.15, 0.2) is 0 Å². The van der Waals surface area contributed by atoms with E-state index in [1.807, 2.05) is 32.0 Å². The number of amides is 1. The average Bonchev–Trinajstić information content (AvgIpc) is 2.56. The van der Waals surface area contributed by atoms with Crippen LogP contribution in [0.15, 0.2) is 30.3 Å². The normalized spacial score (nSPS) is 32.9. The van der Waals surface area contributed by atoms with Crippen LogP contribution in [0.2, 0.25) is 0 Å². The summed E-state index contributed by atoms with van der Waals surface area (Å²) in [6, 6.07) is 10.3. The number of carbonyl (C=O) groups is 1. The minimum absolute atomic E-state index is 0.0874. The Bertz CT molecular complexity index is 497. The van der Waals surface area contributed by atoms with Crippen LogP contribution < -0.4 is 5.32 Å². The van der Waals surface area contributed by atoms with Gasteiger partial charge in [-0.05, 0) is 32.3 Å². The van der Waals surface area contributed by atoms with Gasteiger partial charge in [-0.3, -0.25) is 4.79 Å². The highest BCUT2D eigenvalue weighted by Crippen LogP contribution is 2.42. The average molecular weight is 273 g/mol. The molecule has 1 heterocycles. The Morgan fingerprint density at radius 3 is 2.70 bits per heavy atom. The highest BCUT2D eigenvalue weighted by molar-refractivity contribution is 5.83. The lowest BCUT2D eigenvalue weighted by Crippen LogP contribution is -2.55. The Morgan fingerprint density at radius 2 is 1.95 bits per heavy atom. The minimum atomic E-state index is -0.459. The summed E-state index contributed by atoms with van der Waals surface area (Å²) in [4.78, 5) is 12.6. The first-order valence-electron chi connectivity index (χ1n) is 7.54. The zero-order chi connectivity index (χ0) is 14.2. The van der Waals surface area contributed by atoms with Crippen molar-refractivity contribution in [2.45, 2.75) is 51.2 Å². The molecule has 1 saturated heterocycles. The van der Waals surface area contributed by atoms with E-state index in [1.54, 1.807) is 0 Å². The van der Waals surface area contributed by atoms with Gasteiger partial charge in [0.25, 0.3) is 0 Å². The second-order valence-corrected chi connectivity index (χ2v) is 6.72. The molecule has 3 nitrogen and oxygen atoms in total. The molecule has 3 rings (SSSR count). The Balaban J connectivity index is 2.05. The molecule has 20 heavy (non-hydrogen) atoms. The Morgan fingerprint density at radius 1 is 1.20 bits per heavy atom. The molecule has 1 N–H and O–H groups in total. The van der Waals surface area contributed by atoms with Gasteiger partial charge in [0.2, 0.25) is 5.91 Å². The molecule has 1 saturated carbocycles. The van der Waals surface area contributed by atoms with Crippen molar-refractivity contribution in [1.29, 1.82) is 0 Å². The number of hydrogen-bond donors (Lipinski definition) is 1. The van der Waals surface area contributed by atoms with Crippen molar-refractivity contribution in [3.63, 3.8) is 0 Å². The molecule has 0 spiro atoms. The first-order valence-corrected chi connectivity index (χ1v) is 7.54. The quantitative estimate of drug-likeness (QED) is 0.854. The predicted molar refractivity (Wildman–Crippen MR) is 78.3 cm³/mol. The first-order chi connectivity index (χ1) is 9.55. The summed E-state index contributed by atoms with van der Waals surface area (Å²) < 4.78 is 6.17. The molecule has 2 aliphatic rings. The van der Waals surface area contributed by atoms with E-state index in [1.165, 1.54) is 12.0 Å². The van der Waals surface area contributed by atoms with Gasteiger partial charge in [0.05, 0.1) is 23.7 Å². The van der Waals surface area contributed by atoms with Crippen molar-refractivity contribution in [3.8, 4) is 0 Å². The zero-order valence-corrected chi connectivity index (χ0v) is 12.3. The van der Waals surface area contributed by atoms with E-state index in [9.17, 15) is 4.79 Å². The van der Waals surface area contributed by atoms with Crippen molar-refractivity contribution in [1.82, 2.24) is 5.32 Å². The van der Waals surface area contributed by atoms with Crippen molar-refractivity contribution in [3.05, 3.63) is 35.9 Å². The van der Waals surface area contributed by atoms with Gasteiger partial charge in [0, 0.05) is 0 Å². The van der Waals surface area contributed by atoms with Crippen LogP contribution in [0, 0.1) is 5.41 Å². The van der Waals surface area contributed by atoms with E-state index in [2.05, 4.69) is 17.4 Å². The molecule has 0 aromatic heterocycles. The number of nitrogens with one attached hydrogen (secondary N) is 1. The highest BCUT2D eigenvalue weighted by atomic mass is 16.5. The molecule has 108 valence electrons. The molecular weight excluding hydrogens is 250 g/mol. The van der Waals surface area contributed by atoms with Crippen LogP contribution >= 0.6 is 0 Å². The van der Waals surface area contributed by atoms with E-state index < -0.39 is 5.41 Å². The third kappa shape index (κ3) is 2.14. The van der Waals surface area contributed by atoms with Crippen LogP contribution in [0.5, 0.6) is 0 Å². The van der Waals surface area contributed by atoms with E-state index in [4.69, 9.17) is 4.74 Å². The number of ether oxygens (including phenoxy) is 1. The fraction of sp³-hybridized carbons (Fsp3) is 0.588. The van der Waals surface area contributed by atoms with Crippen molar-refractivity contribution in [2.24, 2.45) is 5.41 Å². The van der Waals surface area contributed by atoms with E-state index >= 15 is 0 Å². The molecule has 2 unspecified atom stereocenters. The first kappa shape index (κ1) is 13.6. The number of fused-ring (bicyclic) bond motifs is 1. The minimum Gasteiger partial charge on any atom is -0.374 e. The summed E-state index contributed by atoms with van der Waals surface area (Å²) in [5, 5.41) is 3.34. The van der Waals surface area contributed by atoms with Gasteiger partial charge >= 0.3 is 0 Å². The largest absolute Gasteiger partial charge is 0.374 e. The highest BCUT2D eigenvalue weighted by Gasteiger charge is 2.49. The van der Waals surface area contributed by atoms with Crippen LogP contribution in [0.25, 0.3) is 0 Å². The summed E-state index contributed by atoms with van der Waals surface area (Å²) in [7, 11) is 0. The van der Waals surface area contributed by atoms with Gasteiger partial charge in [-0.2, -0.15) is 0 Å². The standard InChI is InChI=1S/C17H23NO2/c1-16(2)12-20-14-10-6-7-11-17(14,18-15(16)19)13-8-4-3-5-9-13/h3-5,8-9,14H,6-7,10-12H2,1-2H3,(H,18,19). The Hall–Kier alpha value is -1.35. The summed E-state index contributed by atoms with van der Waals surface area (Å²) >= 11 is 0. The molecule has 2 fully saturated rings. The van der Waals surface area contributed by atoms with Gasteiger partial charge in [-0.15, -0.1) is 0 Å². The topological polar surface area (TPSA) is 38.3 Å². The van der Waals surface area contributed by atoms with E-state index in [0.29, 0.717) is 6.61 Å². The van der Waals surface area contributed by atoms with Gasteiger partial charge in [0.1, 0.15) is 0 Å². The van der Waals surface area contributed by atoms with Crippen LogP contribution in [-0.2, 0) is 15.1 Å². The summed E-state index contributed by atoms with van der Waals surface area (Å²) in [6.07, 6.45) is 4.38. The SMILES string of the molecule is CC1(C)COC2CCCCC2(c2ccccc2)NC1=O. The lowest BCUT2D eigenvalue weighted by molar-refractivity contribution is -0.131. The Labute approximate surface area is 120 Å². The smallest absolute Gasteiger partial charge is 0.228 e. The fourth-order valence-electron chi connectivity index (χ4n) is 3.39.